The molecule has 0 saturated carbocycles. The van der Waals surface area contributed by atoms with Gasteiger partial charge in [0.1, 0.15) is 0 Å². The average Bonchev–Trinajstić information content (AvgIpc) is 3.36. The van der Waals surface area contributed by atoms with E-state index in [-0.39, 0.29) is 10.3 Å². The van der Waals surface area contributed by atoms with Gasteiger partial charge in [-0.2, -0.15) is 5.10 Å². The summed E-state index contributed by atoms with van der Waals surface area (Å²) in [5.74, 6) is -0.744. The number of carbonyl (C=O) groups is 1. The van der Waals surface area contributed by atoms with Gasteiger partial charge < -0.3 is 0 Å². The fraction of sp³-hybridized carbons (Fsp3) is 0.125. The first-order valence-electron chi connectivity index (χ1n) is 12.6. The third-order valence-corrected chi connectivity index (χ3v) is 7.83. The van der Waals surface area contributed by atoms with Crippen molar-refractivity contribution in [2.24, 2.45) is 0 Å². The van der Waals surface area contributed by atoms with Crippen molar-refractivity contribution in [3.63, 3.8) is 0 Å². The fourth-order valence-electron chi connectivity index (χ4n) is 4.31. The van der Waals surface area contributed by atoms with Gasteiger partial charge in [0, 0.05) is 23.4 Å². The predicted molar refractivity (Wildman–Crippen MR) is 156 cm³/mol. The minimum atomic E-state index is -4.02. The molecular weight excluding hydrogens is 506 g/mol. The lowest BCUT2D eigenvalue weighted by atomic mass is 9.87. The van der Waals surface area contributed by atoms with E-state index in [1.54, 1.807) is 22.9 Å². The topological polar surface area (TPSA) is 81.1 Å². The van der Waals surface area contributed by atoms with Crippen molar-refractivity contribution < 1.29 is 13.2 Å². The maximum atomic E-state index is 12.8. The van der Waals surface area contributed by atoms with Crippen LogP contribution in [0.4, 0.5) is 0 Å². The number of benzene rings is 4. The summed E-state index contributed by atoms with van der Waals surface area (Å²) in [6.07, 6.45) is 4.63. The Balaban J connectivity index is 1.44. The SMILES string of the molecule is CC(C)(C)c1ccc(S(=O)(=O)NC(=O)/C=C/c2cn(-c3ccccc3)nc2-c2ccc3ccccc3c2)cc1. The summed E-state index contributed by atoms with van der Waals surface area (Å²) < 4.78 is 29.6. The third kappa shape index (κ3) is 5.84. The number of nitrogens with one attached hydrogen (secondary N) is 1. The van der Waals surface area contributed by atoms with Crippen LogP contribution >= 0.6 is 0 Å². The molecule has 0 radical (unpaired) electrons. The molecule has 1 N–H and O–H groups in total. The Bertz CT molecular complexity index is 1780. The van der Waals surface area contributed by atoms with Crippen molar-refractivity contribution >= 4 is 32.8 Å². The van der Waals surface area contributed by atoms with Gasteiger partial charge in [0.15, 0.2) is 0 Å². The molecule has 0 aliphatic heterocycles. The normalized spacial score (nSPS) is 12.2. The lowest BCUT2D eigenvalue weighted by Gasteiger charge is -2.19. The van der Waals surface area contributed by atoms with Gasteiger partial charge in [0.2, 0.25) is 0 Å². The van der Waals surface area contributed by atoms with Crippen molar-refractivity contribution in [1.82, 2.24) is 14.5 Å². The van der Waals surface area contributed by atoms with Gasteiger partial charge in [-0.3, -0.25) is 4.79 Å². The van der Waals surface area contributed by atoms with Gasteiger partial charge in [-0.15, -0.1) is 0 Å². The highest BCUT2D eigenvalue weighted by Crippen LogP contribution is 2.28. The van der Waals surface area contributed by atoms with E-state index < -0.39 is 15.9 Å². The Morgan fingerprint density at radius 3 is 2.21 bits per heavy atom. The van der Waals surface area contributed by atoms with Crippen LogP contribution in [0.2, 0.25) is 0 Å². The lowest BCUT2D eigenvalue weighted by molar-refractivity contribution is -0.114. The molecular formula is C32H29N3O3S. The summed E-state index contributed by atoms with van der Waals surface area (Å²) in [5, 5.41) is 6.98. The molecule has 196 valence electrons. The maximum absolute atomic E-state index is 12.8. The number of amides is 1. The average molecular weight is 536 g/mol. The molecule has 5 aromatic rings. The first kappa shape index (κ1) is 26.1. The Morgan fingerprint density at radius 2 is 1.51 bits per heavy atom. The van der Waals surface area contributed by atoms with Gasteiger partial charge in [-0.05, 0) is 58.2 Å². The molecule has 4 aromatic carbocycles. The van der Waals surface area contributed by atoms with Crippen molar-refractivity contribution in [2.75, 3.05) is 0 Å². The van der Waals surface area contributed by atoms with Gasteiger partial charge >= 0.3 is 0 Å². The van der Waals surface area contributed by atoms with Crippen molar-refractivity contribution in [1.29, 1.82) is 0 Å². The molecule has 0 atom stereocenters. The number of rotatable bonds is 6. The van der Waals surface area contributed by atoms with Crippen LogP contribution in [0.3, 0.4) is 0 Å². The van der Waals surface area contributed by atoms with Crippen LogP contribution < -0.4 is 4.72 Å². The van der Waals surface area contributed by atoms with Crippen LogP contribution in [0.25, 0.3) is 33.8 Å². The standard InChI is InChI=1S/C32H29N3O3S/c1-32(2,3)27-16-18-29(19-17-27)39(37,38)34-30(36)20-15-26-22-35(28-11-5-4-6-12-28)33-31(26)25-14-13-23-9-7-8-10-24(23)21-25/h4-22H,1-3H3,(H,34,36)/b20-15+. The molecule has 1 amide bonds. The molecule has 6 nitrogen and oxygen atoms in total. The number of hydrogen-bond donors (Lipinski definition) is 1. The Kier molecular flexibility index (Phi) is 6.93. The summed E-state index contributed by atoms with van der Waals surface area (Å²) in [6.45, 7) is 6.15. The molecule has 5 rings (SSSR count). The molecule has 1 heterocycles. The number of fused-ring (bicyclic) bond motifs is 1. The van der Waals surface area contributed by atoms with E-state index in [1.807, 2.05) is 72.9 Å². The van der Waals surface area contributed by atoms with Crippen LogP contribution in [-0.2, 0) is 20.2 Å². The summed E-state index contributed by atoms with van der Waals surface area (Å²) in [6, 6.07) is 30.4. The van der Waals surface area contributed by atoms with E-state index in [4.69, 9.17) is 5.10 Å². The van der Waals surface area contributed by atoms with E-state index in [0.717, 1.165) is 27.6 Å². The first-order valence-corrected chi connectivity index (χ1v) is 14.1. The minimum Gasteiger partial charge on any atom is -0.269 e. The molecule has 0 unspecified atom stereocenters. The van der Waals surface area contributed by atoms with E-state index in [0.29, 0.717) is 11.3 Å². The highest BCUT2D eigenvalue weighted by atomic mass is 32.2. The van der Waals surface area contributed by atoms with E-state index >= 15 is 0 Å². The zero-order valence-electron chi connectivity index (χ0n) is 22.0. The largest absolute Gasteiger partial charge is 0.269 e. The fourth-order valence-corrected chi connectivity index (χ4v) is 5.25. The molecule has 0 aliphatic rings. The smallest absolute Gasteiger partial charge is 0.264 e. The molecule has 0 fully saturated rings. The third-order valence-electron chi connectivity index (χ3n) is 6.47. The lowest BCUT2D eigenvalue weighted by Crippen LogP contribution is -2.29. The number of hydrogen-bond acceptors (Lipinski definition) is 4. The second-order valence-corrected chi connectivity index (χ2v) is 12.0. The van der Waals surface area contributed by atoms with Crippen LogP contribution in [0.5, 0.6) is 0 Å². The number of para-hydroxylation sites is 1. The number of sulfonamides is 1. The van der Waals surface area contributed by atoms with Crippen molar-refractivity contribution in [2.45, 2.75) is 31.1 Å². The zero-order valence-corrected chi connectivity index (χ0v) is 22.8. The quantitative estimate of drug-likeness (QED) is 0.251. The summed E-state index contributed by atoms with van der Waals surface area (Å²) >= 11 is 0. The van der Waals surface area contributed by atoms with Crippen molar-refractivity contribution in [3.05, 3.63) is 120 Å². The Morgan fingerprint density at radius 1 is 0.846 bits per heavy atom. The monoisotopic (exact) mass is 535 g/mol. The van der Waals surface area contributed by atoms with Gasteiger partial charge in [0.05, 0.1) is 16.3 Å². The molecule has 1 aromatic heterocycles. The number of nitrogens with zero attached hydrogens (tertiary/aromatic N) is 2. The number of aromatic nitrogens is 2. The van der Waals surface area contributed by atoms with Gasteiger partial charge in [-0.1, -0.05) is 87.5 Å². The van der Waals surface area contributed by atoms with Crippen molar-refractivity contribution in [3.8, 4) is 16.9 Å². The summed E-state index contributed by atoms with van der Waals surface area (Å²) in [4.78, 5) is 12.8. The zero-order chi connectivity index (χ0) is 27.6. The molecule has 0 aliphatic carbocycles. The summed E-state index contributed by atoms with van der Waals surface area (Å²) in [7, 11) is -4.02. The van der Waals surface area contributed by atoms with Gasteiger partial charge in [-0.25, -0.2) is 17.8 Å². The van der Waals surface area contributed by atoms with Crippen LogP contribution in [0.1, 0.15) is 31.9 Å². The van der Waals surface area contributed by atoms with E-state index in [1.165, 1.54) is 18.2 Å². The van der Waals surface area contributed by atoms with Crippen LogP contribution in [-0.4, -0.2) is 24.1 Å². The molecule has 0 bridgehead atoms. The predicted octanol–water partition coefficient (Wildman–Crippen LogP) is 6.51. The highest BCUT2D eigenvalue weighted by molar-refractivity contribution is 7.90. The molecule has 0 spiro atoms. The Hall–Kier alpha value is -4.49. The van der Waals surface area contributed by atoms with Crippen LogP contribution in [0.15, 0.2) is 114 Å². The molecule has 0 saturated heterocycles. The second kappa shape index (κ2) is 10.3. The number of carbonyl (C=O) groups excluding carboxylic acids is 1. The van der Waals surface area contributed by atoms with Crippen LogP contribution in [0, 0.1) is 0 Å². The summed E-state index contributed by atoms with van der Waals surface area (Å²) in [5.41, 5.74) is 4.00. The second-order valence-electron chi connectivity index (χ2n) is 10.4. The molecule has 7 heteroatoms. The van der Waals surface area contributed by atoms with Gasteiger partial charge in [0.25, 0.3) is 15.9 Å². The van der Waals surface area contributed by atoms with E-state index in [9.17, 15) is 13.2 Å². The molecule has 39 heavy (non-hydrogen) atoms. The Labute approximate surface area is 228 Å². The van der Waals surface area contributed by atoms with E-state index in [2.05, 4.69) is 31.6 Å². The highest BCUT2D eigenvalue weighted by Gasteiger charge is 2.19. The maximum Gasteiger partial charge on any atom is 0.264 e. The minimum absolute atomic E-state index is 0.0333. The first-order chi connectivity index (χ1) is 18.6.